The van der Waals surface area contributed by atoms with Gasteiger partial charge in [-0.2, -0.15) is 0 Å². The second-order valence-electron chi connectivity index (χ2n) is 7.08. The Kier molecular flexibility index (Phi) is 6.54. The number of hydrogen-bond donors (Lipinski definition) is 1. The zero-order chi connectivity index (χ0) is 20.9. The lowest BCUT2D eigenvalue weighted by Crippen LogP contribution is -2.32. The van der Waals surface area contributed by atoms with Crippen LogP contribution in [-0.2, 0) is 21.1 Å². The second kappa shape index (κ2) is 9.09. The van der Waals surface area contributed by atoms with Crippen LogP contribution in [0.25, 0.3) is 0 Å². The first kappa shape index (κ1) is 20.9. The quantitative estimate of drug-likeness (QED) is 0.604. The first-order valence-electron chi connectivity index (χ1n) is 9.53. The zero-order valence-corrected chi connectivity index (χ0v) is 17.4. The van der Waals surface area contributed by atoms with Gasteiger partial charge in [-0.25, -0.2) is 8.42 Å². The summed E-state index contributed by atoms with van der Waals surface area (Å²) in [5.74, 6) is 0.118. The maximum atomic E-state index is 13.3. The third-order valence-corrected chi connectivity index (χ3v) is 7.07. The molecule has 1 heterocycles. The van der Waals surface area contributed by atoms with Crippen molar-refractivity contribution < 1.29 is 17.6 Å². The van der Waals surface area contributed by atoms with Gasteiger partial charge >= 0.3 is 0 Å². The molecule has 3 aromatic rings. The van der Waals surface area contributed by atoms with Gasteiger partial charge in [0.05, 0.1) is 11.2 Å². The van der Waals surface area contributed by atoms with Crippen LogP contribution in [0.3, 0.4) is 0 Å². The third-order valence-electron chi connectivity index (χ3n) is 5.01. The summed E-state index contributed by atoms with van der Waals surface area (Å²) in [6, 6.07) is 18.0. The van der Waals surface area contributed by atoms with Crippen LogP contribution in [0.4, 0.5) is 0 Å². The van der Waals surface area contributed by atoms with Crippen LogP contribution in [0.2, 0.25) is 0 Å². The summed E-state index contributed by atoms with van der Waals surface area (Å²) in [6.07, 6.45) is 2.33. The van der Waals surface area contributed by atoms with Crippen LogP contribution in [-0.4, -0.2) is 20.9 Å². The number of amides is 1. The van der Waals surface area contributed by atoms with Gasteiger partial charge in [0.2, 0.25) is 5.91 Å². The van der Waals surface area contributed by atoms with Gasteiger partial charge in [-0.3, -0.25) is 4.79 Å². The Morgan fingerprint density at radius 2 is 1.76 bits per heavy atom. The molecule has 1 atom stereocenters. The first-order chi connectivity index (χ1) is 13.9. The molecule has 5 nitrogen and oxygen atoms in total. The third kappa shape index (κ3) is 5.15. The topological polar surface area (TPSA) is 76.4 Å². The normalized spacial score (nSPS) is 12.5. The highest BCUT2D eigenvalue weighted by Gasteiger charge is 2.32. The van der Waals surface area contributed by atoms with E-state index in [1.807, 2.05) is 44.2 Å². The van der Waals surface area contributed by atoms with Gasteiger partial charge in [0, 0.05) is 13.0 Å². The summed E-state index contributed by atoms with van der Waals surface area (Å²) in [5, 5.41) is 1.78. The number of benzene rings is 2. The van der Waals surface area contributed by atoms with Crippen LogP contribution in [0.5, 0.6) is 0 Å². The fraction of sp³-hybridized carbons (Fsp3) is 0.261. The summed E-state index contributed by atoms with van der Waals surface area (Å²) in [7, 11) is -3.73. The average molecular weight is 412 g/mol. The van der Waals surface area contributed by atoms with Crippen molar-refractivity contribution in [2.45, 2.75) is 36.8 Å². The average Bonchev–Trinajstić information content (AvgIpc) is 3.23. The largest absolute Gasteiger partial charge is 0.468 e. The van der Waals surface area contributed by atoms with Gasteiger partial charge in [-0.05, 0) is 61.2 Å². The molecule has 1 amide bonds. The molecule has 0 aliphatic carbocycles. The molecule has 0 bridgehead atoms. The van der Waals surface area contributed by atoms with Crippen molar-refractivity contribution in [3.8, 4) is 0 Å². The lowest BCUT2D eigenvalue weighted by atomic mass is 10.1. The Balaban J connectivity index is 1.74. The number of rotatable bonds is 8. The predicted molar refractivity (Wildman–Crippen MR) is 112 cm³/mol. The first-order valence-corrected chi connectivity index (χ1v) is 11.1. The smallest absolute Gasteiger partial charge is 0.220 e. The zero-order valence-electron chi connectivity index (χ0n) is 16.6. The van der Waals surface area contributed by atoms with Gasteiger partial charge in [0.25, 0.3) is 0 Å². The standard InChI is InChI=1S/C23H25NO4S/c1-17-10-12-20(15-18(17)2)29(26,27)22(21-9-6-14-28-21)16-24-23(25)13-11-19-7-4-3-5-8-19/h3-10,12,14-15,22H,11,13,16H2,1-2H3,(H,24,25)/t22-/m0/s1. The minimum Gasteiger partial charge on any atom is -0.468 e. The molecule has 0 unspecified atom stereocenters. The monoisotopic (exact) mass is 411 g/mol. The molecule has 0 saturated heterocycles. The van der Waals surface area contributed by atoms with E-state index < -0.39 is 15.1 Å². The highest BCUT2D eigenvalue weighted by Crippen LogP contribution is 2.30. The lowest BCUT2D eigenvalue weighted by Gasteiger charge is -2.17. The second-order valence-corrected chi connectivity index (χ2v) is 9.22. The maximum Gasteiger partial charge on any atom is 0.220 e. The van der Waals surface area contributed by atoms with Crippen molar-refractivity contribution in [3.63, 3.8) is 0 Å². The highest BCUT2D eigenvalue weighted by atomic mass is 32.2. The van der Waals surface area contributed by atoms with E-state index in [1.54, 1.807) is 30.3 Å². The van der Waals surface area contributed by atoms with E-state index in [0.717, 1.165) is 16.7 Å². The molecule has 0 aliphatic heterocycles. The molecule has 1 aromatic heterocycles. The predicted octanol–water partition coefficient (Wildman–Crippen LogP) is 4.16. The van der Waals surface area contributed by atoms with Crippen LogP contribution >= 0.6 is 0 Å². The molecule has 0 radical (unpaired) electrons. The molecule has 0 fully saturated rings. The number of carbonyl (C=O) groups excluding carboxylic acids is 1. The Morgan fingerprint density at radius 1 is 1.00 bits per heavy atom. The molecule has 0 saturated carbocycles. The van der Waals surface area contributed by atoms with Crippen molar-refractivity contribution in [2.75, 3.05) is 6.54 Å². The van der Waals surface area contributed by atoms with Crippen molar-refractivity contribution in [3.05, 3.63) is 89.4 Å². The van der Waals surface area contributed by atoms with Crippen LogP contribution in [0, 0.1) is 13.8 Å². The molecule has 152 valence electrons. The van der Waals surface area contributed by atoms with E-state index in [-0.39, 0.29) is 17.3 Å². The number of carbonyl (C=O) groups is 1. The molecule has 29 heavy (non-hydrogen) atoms. The minimum absolute atomic E-state index is 0.0452. The van der Waals surface area contributed by atoms with Crippen molar-refractivity contribution in [2.24, 2.45) is 0 Å². The van der Waals surface area contributed by atoms with E-state index in [2.05, 4.69) is 5.32 Å². The number of nitrogens with one attached hydrogen (secondary N) is 1. The number of aryl methyl sites for hydroxylation is 3. The molecule has 6 heteroatoms. The summed E-state index contributed by atoms with van der Waals surface area (Å²) < 4.78 is 31.9. The number of furan rings is 1. The molecule has 2 aromatic carbocycles. The van der Waals surface area contributed by atoms with E-state index in [0.29, 0.717) is 18.6 Å². The van der Waals surface area contributed by atoms with E-state index in [4.69, 9.17) is 4.42 Å². The molecule has 1 N–H and O–H groups in total. The SMILES string of the molecule is Cc1ccc(S(=O)(=O)[C@@H](CNC(=O)CCc2ccccc2)c2ccco2)cc1C. The minimum atomic E-state index is -3.73. The van der Waals surface area contributed by atoms with Gasteiger partial charge in [-0.1, -0.05) is 36.4 Å². The highest BCUT2D eigenvalue weighted by molar-refractivity contribution is 7.91. The van der Waals surface area contributed by atoms with Gasteiger partial charge in [0.1, 0.15) is 11.0 Å². The van der Waals surface area contributed by atoms with E-state index in [1.165, 1.54) is 6.26 Å². The number of sulfone groups is 1. The van der Waals surface area contributed by atoms with Crippen molar-refractivity contribution in [1.82, 2.24) is 5.32 Å². The van der Waals surface area contributed by atoms with Gasteiger partial charge < -0.3 is 9.73 Å². The molecule has 3 rings (SSSR count). The Hall–Kier alpha value is -2.86. The maximum absolute atomic E-state index is 13.3. The number of hydrogen-bond acceptors (Lipinski definition) is 4. The van der Waals surface area contributed by atoms with E-state index >= 15 is 0 Å². The molecular formula is C23H25NO4S. The van der Waals surface area contributed by atoms with Crippen LogP contribution in [0.1, 0.15) is 34.1 Å². The Morgan fingerprint density at radius 3 is 2.41 bits per heavy atom. The summed E-state index contributed by atoms with van der Waals surface area (Å²) in [4.78, 5) is 12.5. The summed E-state index contributed by atoms with van der Waals surface area (Å²) >= 11 is 0. The fourth-order valence-corrected chi connectivity index (χ4v) is 4.76. The molecule has 0 aliphatic rings. The summed E-state index contributed by atoms with van der Waals surface area (Å²) in [5.41, 5.74) is 2.98. The van der Waals surface area contributed by atoms with Crippen LogP contribution < -0.4 is 5.32 Å². The summed E-state index contributed by atoms with van der Waals surface area (Å²) in [6.45, 7) is 3.76. The Bertz CT molecular complexity index is 1060. The van der Waals surface area contributed by atoms with Crippen LogP contribution in [0.15, 0.2) is 76.2 Å². The Labute approximate surface area is 171 Å². The fourth-order valence-electron chi connectivity index (χ4n) is 3.09. The van der Waals surface area contributed by atoms with Gasteiger partial charge in [-0.15, -0.1) is 0 Å². The molecular weight excluding hydrogens is 386 g/mol. The lowest BCUT2D eigenvalue weighted by molar-refractivity contribution is -0.121. The molecule has 0 spiro atoms. The van der Waals surface area contributed by atoms with E-state index in [9.17, 15) is 13.2 Å². The van der Waals surface area contributed by atoms with Crippen molar-refractivity contribution in [1.29, 1.82) is 0 Å². The van der Waals surface area contributed by atoms with Crippen molar-refractivity contribution >= 4 is 15.7 Å². The van der Waals surface area contributed by atoms with Gasteiger partial charge in [0.15, 0.2) is 9.84 Å².